The summed E-state index contributed by atoms with van der Waals surface area (Å²) in [5.74, 6) is 0. The first kappa shape index (κ1) is 33.3. The molecule has 0 radical (unpaired) electrons. The predicted molar refractivity (Wildman–Crippen MR) is 247 cm³/mol. The Balaban J connectivity index is 1.11. The molecule has 0 aliphatic heterocycles. The molecule has 2 aromatic heterocycles. The van der Waals surface area contributed by atoms with Crippen LogP contribution in [0.3, 0.4) is 0 Å². The van der Waals surface area contributed by atoms with Crippen molar-refractivity contribution in [1.82, 2.24) is 0 Å². The zero-order chi connectivity index (χ0) is 38.9. The fraction of sp³-hybridized carbons (Fsp3) is 0. The maximum Gasteiger partial charge on any atom is 0.145 e. The summed E-state index contributed by atoms with van der Waals surface area (Å²) in [6.07, 6.45) is 0. The Morgan fingerprint density at radius 1 is 0.288 bits per heavy atom. The van der Waals surface area contributed by atoms with E-state index in [2.05, 4.69) is 205 Å². The van der Waals surface area contributed by atoms with Gasteiger partial charge in [-0.2, -0.15) is 0 Å². The minimum absolute atomic E-state index is 0.862. The average molecular weight is 754 g/mol. The quantitative estimate of drug-likeness (QED) is 0.158. The van der Waals surface area contributed by atoms with E-state index >= 15 is 0 Å². The van der Waals surface area contributed by atoms with Crippen molar-refractivity contribution >= 4 is 82.5 Å². The smallest absolute Gasteiger partial charge is 0.145 e. The Morgan fingerprint density at radius 3 is 1.47 bits per heavy atom. The first-order valence-corrected chi connectivity index (χ1v) is 20.1. The largest absolute Gasteiger partial charge is 0.455 e. The fourth-order valence-corrected chi connectivity index (χ4v) is 9.18. The molecular weight excluding hydrogens is 719 g/mol. The molecule has 0 saturated heterocycles. The number of anilines is 3. The van der Waals surface area contributed by atoms with E-state index in [9.17, 15) is 0 Å². The monoisotopic (exact) mass is 753 g/mol. The highest BCUT2D eigenvalue weighted by atomic mass is 16.3. The summed E-state index contributed by atoms with van der Waals surface area (Å²) in [7, 11) is 0. The van der Waals surface area contributed by atoms with Crippen molar-refractivity contribution in [2.75, 3.05) is 4.90 Å². The molecule has 276 valence electrons. The van der Waals surface area contributed by atoms with E-state index in [0.29, 0.717) is 0 Å². The fourth-order valence-electron chi connectivity index (χ4n) is 9.18. The van der Waals surface area contributed by atoms with Crippen LogP contribution in [0.1, 0.15) is 0 Å². The van der Waals surface area contributed by atoms with E-state index in [1.807, 2.05) is 12.1 Å². The van der Waals surface area contributed by atoms with Crippen molar-refractivity contribution in [3.8, 4) is 33.4 Å². The molecule has 0 N–H and O–H groups in total. The molecule has 12 aromatic rings. The Hall–Kier alpha value is -7.88. The third kappa shape index (κ3) is 5.29. The van der Waals surface area contributed by atoms with E-state index in [1.165, 1.54) is 21.5 Å². The van der Waals surface area contributed by atoms with Crippen molar-refractivity contribution in [1.29, 1.82) is 0 Å². The van der Waals surface area contributed by atoms with Gasteiger partial charge < -0.3 is 13.7 Å². The van der Waals surface area contributed by atoms with Gasteiger partial charge in [-0.15, -0.1) is 0 Å². The van der Waals surface area contributed by atoms with Crippen LogP contribution >= 0.6 is 0 Å². The summed E-state index contributed by atoms with van der Waals surface area (Å²) in [5.41, 5.74) is 13.4. The SMILES string of the molecule is c1ccc(-c2ccc(-c3ccc(N(c4cccc5ccc6ccccc6c45)c4ccc(-c5ccccc5)c5oc6ccccc6c45)cc3)c3c2oc2ccccc23)cc1. The molecule has 0 saturated carbocycles. The van der Waals surface area contributed by atoms with E-state index in [4.69, 9.17) is 8.83 Å². The molecule has 0 bridgehead atoms. The number of benzene rings is 10. The summed E-state index contributed by atoms with van der Waals surface area (Å²) < 4.78 is 13.5. The Labute approximate surface area is 340 Å². The first-order valence-electron chi connectivity index (χ1n) is 20.1. The third-order valence-corrected chi connectivity index (χ3v) is 11.9. The van der Waals surface area contributed by atoms with E-state index in [-0.39, 0.29) is 0 Å². The van der Waals surface area contributed by atoms with Gasteiger partial charge in [-0.05, 0) is 86.9 Å². The third-order valence-electron chi connectivity index (χ3n) is 11.9. The lowest BCUT2D eigenvalue weighted by Crippen LogP contribution is -2.11. The van der Waals surface area contributed by atoms with Crippen molar-refractivity contribution < 1.29 is 8.83 Å². The summed E-state index contributed by atoms with van der Waals surface area (Å²) >= 11 is 0. The van der Waals surface area contributed by atoms with E-state index in [1.54, 1.807) is 0 Å². The van der Waals surface area contributed by atoms with Gasteiger partial charge in [-0.25, -0.2) is 0 Å². The van der Waals surface area contributed by atoms with Crippen molar-refractivity contribution in [3.63, 3.8) is 0 Å². The maximum absolute atomic E-state index is 6.81. The van der Waals surface area contributed by atoms with Crippen LogP contribution < -0.4 is 4.90 Å². The average Bonchev–Trinajstić information content (AvgIpc) is 3.90. The summed E-state index contributed by atoms with van der Waals surface area (Å²) in [5, 5.41) is 9.18. The van der Waals surface area contributed by atoms with Gasteiger partial charge in [0.2, 0.25) is 0 Å². The second-order valence-electron chi connectivity index (χ2n) is 15.2. The molecule has 3 nitrogen and oxygen atoms in total. The summed E-state index contributed by atoms with van der Waals surface area (Å²) in [6.45, 7) is 0. The van der Waals surface area contributed by atoms with Crippen LogP contribution in [0.4, 0.5) is 17.1 Å². The molecule has 0 aliphatic carbocycles. The van der Waals surface area contributed by atoms with Crippen LogP contribution in [0, 0.1) is 0 Å². The van der Waals surface area contributed by atoms with Crippen LogP contribution in [0.5, 0.6) is 0 Å². The van der Waals surface area contributed by atoms with Gasteiger partial charge in [0.25, 0.3) is 0 Å². The van der Waals surface area contributed by atoms with Gasteiger partial charge >= 0.3 is 0 Å². The minimum atomic E-state index is 0.862. The molecule has 0 unspecified atom stereocenters. The summed E-state index contributed by atoms with van der Waals surface area (Å²) in [4.78, 5) is 2.43. The zero-order valence-corrected chi connectivity index (χ0v) is 32.0. The molecule has 0 aliphatic rings. The number of fused-ring (bicyclic) bond motifs is 9. The van der Waals surface area contributed by atoms with Crippen LogP contribution in [-0.4, -0.2) is 0 Å². The lowest BCUT2D eigenvalue weighted by atomic mass is 9.94. The highest BCUT2D eigenvalue weighted by Crippen LogP contribution is 2.49. The molecule has 12 rings (SSSR count). The molecule has 0 fully saturated rings. The molecule has 2 heterocycles. The molecule has 0 spiro atoms. The van der Waals surface area contributed by atoms with Gasteiger partial charge in [0.15, 0.2) is 0 Å². The normalized spacial score (nSPS) is 11.7. The number of furan rings is 2. The van der Waals surface area contributed by atoms with Gasteiger partial charge in [0.1, 0.15) is 22.3 Å². The second-order valence-corrected chi connectivity index (χ2v) is 15.2. The number of nitrogens with zero attached hydrogens (tertiary/aromatic N) is 1. The molecule has 0 amide bonds. The van der Waals surface area contributed by atoms with Gasteiger partial charge in [-0.1, -0.05) is 164 Å². The Morgan fingerprint density at radius 2 is 0.780 bits per heavy atom. The van der Waals surface area contributed by atoms with Crippen LogP contribution in [0.25, 0.3) is 98.8 Å². The minimum Gasteiger partial charge on any atom is -0.455 e. The predicted octanol–water partition coefficient (Wildman–Crippen LogP) is 16.3. The van der Waals surface area contributed by atoms with Crippen molar-refractivity contribution in [2.45, 2.75) is 0 Å². The highest BCUT2D eigenvalue weighted by molar-refractivity contribution is 6.21. The van der Waals surface area contributed by atoms with Gasteiger partial charge in [0, 0.05) is 38.4 Å². The number of rotatable bonds is 6. The van der Waals surface area contributed by atoms with Crippen molar-refractivity contribution in [2.24, 2.45) is 0 Å². The van der Waals surface area contributed by atoms with E-state index in [0.717, 1.165) is 94.3 Å². The van der Waals surface area contributed by atoms with Crippen molar-refractivity contribution in [3.05, 3.63) is 212 Å². The molecule has 10 aromatic carbocycles. The molecule has 0 atom stereocenters. The number of hydrogen-bond acceptors (Lipinski definition) is 3. The topological polar surface area (TPSA) is 29.5 Å². The summed E-state index contributed by atoms with van der Waals surface area (Å²) in [6, 6.07) is 75.6. The maximum atomic E-state index is 6.81. The Bertz CT molecular complexity index is 3540. The van der Waals surface area contributed by atoms with Gasteiger partial charge in [-0.3, -0.25) is 0 Å². The van der Waals surface area contributed by atoms with Gasteiger partial charge in [0.05, 0.1) is 16.8 Å². The zero-order valence-electron chi connectivity index (χ0n) is 32.0. The highest BCUT2D eigenvalue weighted by Gasteiger charge is 2.24. The first-order chi connectivity index (χ1) is 29.3. The lowest BCUT2D eigenvalue weighted by Gasteiger charge is -2.28. The van der Waals surface area contributed by atoms with Crippen LogP contribution in [0.2, 0.25) is 0 Å². The van der Waals surface area contributed by atoms with Crippen LogP contribution in [0.15, 0.2) is 221 Å². The number of hydrogen-bond donors (Lipinski definition) is 0. The standard InChI is InChI=1S/C56H35NO2/c1-3-14-36(15-4-1)44-33-32-43(53-46-21-9-11-24-50(46)58-55(44)53)39-28-30-41(31-29-39)57(48-23-13-19-40-27-26-38-18-7-8-20-42(38)52(40)48)49-35-34-45(37-16-5-2-6-17-37)56-54(49)47-22-10-12-25-51(47)59-56/h1-35H. The lowest BCUT2D eigenvalue weighted by molar-refractivity contribution is 0.669. The second kappa shape index (κ2) is 13.4. The molecule has 59 heavy (non-hydrogen) atoms. The molecule has 3 heteroatoms. The molecular formula is C56H35NO2. The number of para-hydroxylation sites is 2. The van der Waals surface area contributed by atoms with E-state index < -0.39 is 0 Å². The van der Waals surface area contributed by atoms with Crippen LogP contribution in [-0.2, 0) is 0 Å². The Kier molecular flexibility index (Phi) is 7.54.